The average molecular weight is 497 g/mol. The van der Waals surface area contributed by atoms with E-state index in [1.165, 1.54) is 22.3 Å². The van der Waals surface area contributed by atoms with Crippen LogP contribution in [0.25, 0.3) is 0 Å². The van der Waals surface area contributed by atoms with Gasteiger partial charge in [0.05, 0.1) is 12.4 Å². The van der Waals surface area contributed by atoms with Crippen molar-refractivity contribution >= 4 is 34.6 Å². The molecule has 0 aromatic carbocycles. The molecule has 0 atom stereocenters. The van der Waals surface area contributed by atoms with Gasteiger partial charge in [0.2, 0.25) is 0 Å². The summed E-state index contributed by atoms with van der Waals surface area (Å²) in [6.45, 7) is 4.22. The van der Waals surface area contributed by atoms with Crippen LogP contribution in [0.4, 0.5) is 0 Å². The molecule has 0 spiro atoms. The molecule has 4 rings (SSSR count). The zero-order valence-corrected chi connectivity index (χ0v) is 20.4. The predicted octanol–water partition coefficient (Wildman–Crippen LogP) is 4.63. The second-order valence-electron chi connectivity index (χ2n) is 7.51. The molecule has 0 radical (unpaired) electrons. The Labute approximate surface area is 204 Å². The third-order valence-corrected chi connectivity index (χ3v) is 6.83. The second-order valence-corrected chi connectivity index (χ2v) is 9.00. The van der Waals surface area contributed by atoms with E-state index < -0.39 is 11.9 Å². The summed E-state index contributed by atoms with van der Waals surface area (Å²) >= 11 is 3.32. The molecule has 10 heteroatoms. The van der Waals surface area contributed by atoms with Crippen LogP contribution in [0.3, 0.4) is 0 Å². The highest BCUT2D eigenvalue weighted by Crippen LogP contribution is 2.21. The lowest BCUT2D eigenvalue weighted by Crippen LogP contribution is -2.09. The van der Waals surface area contributed by atoms with Crippen LogP contribution in [-0.2, 0) is 35.3 Å². The van der Waals surface area contributed by atoms with Gasteiger partial charge < -0.3 is 19.4 Å². The monoisotopic (exact) mass is 496 g/mol. The molecular formula is C24H24N4O4S2. The van der Waals surface area contributed by atoms with Gasteiger partial charge in [-0.25, -0.2) is 19.6 Å². The number of ether oxygens (including phenoxy) is 2. The Hall–Kier alpha value is -3.50. The summed E-state index contributed by atoms with van der Waals surface area (Å²) in [7, 11) is 0. The summed E-state index contributed by atoms with van der Waals surface area (Å²) in [6.07, 6.45) is 8.51. The number of hydrogen-bond acceptors (Lipinski definition) is 8. The van der Waals surface area contributed by atoms with Gasteiger partial charge in [-0.1, -0.05) is 13.8 Å². The van der Waals surface area contributed by atoms with E-state index >= 15 is 0 Å². The second kappa shape index (κ2) is 11.1. The quantitative estimate of drug-likeness (QED) is 0.245. The van der Waals surface area contributed by atoms with E-state index in [2.05, 4.69) is 55.3 Å². The largest absolute Gasteiger partial charge is 0.389 e. The maximum Gasteiger partial charge on any atom is 0.338 e. The zero-order chi connectivity index (χ0) is 23.9. The van der Waals surface area contributed by atoms with Gasteiger partial charge in [-0.3, -0.25) is 0 Å². The standard InChI is InChI=1S/C24H24N4O4S2/c1-3-15-11-33-13-17(15)7-19-9-25-23(27-19)31-21(29)5-6-22(30)32-24-26-10-20(28-24)8-18-14-34-12-16(18)4-2/h5-6,9-14H,3-4,7-8H2,1-2H3,(H,25,27)(H,26,28)/b6-5+. The molecule has 34 heavy (non-hydrogen) atoms. The topological polar surface area (TPSA) is 110 Å². The molecule has 0 fully saturated rings. The van der Waals surface area contributed by atoms with Crippen LogP contribution in [0.5, 0.6) is 12.0 Å². The van der Waals surface area contributed by atoms with Crippen molar-refractivity contribution in [3.05, 3.63) is 79.7 Å². The van der Waals surface area contributed by atoms with Crippen LogP contribution in [0.15, 0.2) is 46.1 Å². The first-order valence-corrected chi connectivity index (χ1v) is 12.7. The van der Waals surface area contributed by atoms with Crippen LogP contribution in [-0.4, -0.2) is 31.9 Å². The van der Waals surface area contributed by atoms with Crippen molar-refractivity contribution < 1.29 is 19.1 Å². The summed E-state index contributed by atoms with van der Waals surface area (Å²) in [5.74, 6) is -1.49. The van der Waals surface area contributed by atoms with E-state index in [0.29, 0.717) is 12.8 Å². The molecular weight excluding hydrogens is 472 g/mol. The molecule has 0 saturated carbocycles. The Morgan fingerprint density at radius 2 is 1.18 bits per heavy atom. The molecule has 0 amide bonds. The summed E-state index contributed by atoms with van der Waals surface area (Å²) in [4.78, 5) is 38.2. The molecule has 0 aliphatic heterocycles. The molecule has 8 nitrogen and oxygen atoms in total. The lowest BCUT2D eigenvalue weighted by Gasteiger charge is -2.00. The first-order chi connectivity index (χ1) is 16.5. The molecule has 2 N–H and O–H groups in total. The van der Waals surface area contributed by atoms with Gasteiger partial charge in [-0.15, -0.1) is 0 Å². The van der Waals surface area contributed by atoms with E-state index in [4.69, 9.17) is 9.47 Å². The molecule has 0 unspecified atom stereocenters. The van der Waals surface area contributed by atoms with Gasteiger partial charge in [-0.05, 0) is 56.6 Å². The number of aromatic nitrogens is 4. The minimum absolute atomic E-state index is 0.0712. The summed E-state index contributed by atoms with van der Waals surface area (Å²) in [5, 5.41) is 8.47. The number of esters is 2. The minimum atomic E-state index is -0.743. The summed E-state index contributed by atoms with van der Waals surface area (Å²) in [5.41, 5.74) is 6.70. The third kappa shape index (κ3) is 6.09. The first-order valence-electron chi connectivity index (χ1n) is 10.8. The SMILES string of the molecule is CCc1cscc1Cc1cnc(OC(=O)/C=C/C(=O)Oc2ncc(Cc3cscc3CC)[nH]2)[nH]1. The smallest absolute Gasteiger partial charge is 0.338 e. The Bertz CT molecular complexity index is 1200. The Balaban J connectivity index is 1.26. The van der Waals surface area contributed by atoms with Gasteiger partial charge in [0.25, 0.3) is 0 Å². The van der Waals surface area contributed by atoms with Crippen molar-refractivity contribution in [2.24, 2.45) is 0 Å². The van der Waals surface area contributed by atoms with E-state index in [9.17, 15) is 9.59 Å². The number of nitrogens with one attached hydrogen (secondary N) is 2. The van der Waals surface area contributed by atoms with Crippen LogP contribution in [0.1, 0.15) is 47.5 Å². The molecule has 0 aliphatic rings. The van der Waals surface area contributed by atoms with E-state index in [-0.39, 0.29) is 12.0 Å². The maximum absolute atomic E-state index is 12.0. The number of rotatable bonds is 10. The highest BCUT2D eigenvalue weighted by molar-refractivity contribution is 7.08. The van der Waals surface area contributed by atoms with Crippen molar-refractivity contribution in [3.8, 4) is 12.0 Å². The molecule has 4 heterocycles. The van der Waals surface area contributed by atoms with Crippen LogP contribution in [0.2, 0.25) is 0 Å². The summed E-state index contributed by atoms with van der Waals surface area (Å²) < 4.78 is 10.3. The molecule has 176 valence electrons. The van der Waals surface area contributed by atoms with Gasteiger partial charge >= 0.3 is 24.0 Å². The Kier molecular flexibility index (Phi) is 7.71. The highest BCUT2D eigenvalue weighted by atomic mass is 32.1. The van der Waals surface area contributed by atoms with Crippen LogP contribution < -0.4 is 9.47 Å². The van der Waals surface area contributed by atoms with Crippen molar-refractivity contribution in [1.29, 1.82) is 0 Å². The molecule has 0 aliphatic carbocycles. The normalized spacial score (nSPS) is 11.2. The van der Waals surface area contributed by atoms with Crippen molar-refractivity contribution in [1.82, 2.24) is 19.9 Å². The third-order valence-electron chi connectivity index (χ3n) is 5.15. The van der Waals surface area contributed by atoms with E-state index in [0.717, 1.165) is 36.4 Å². The minimum Gasteiger partial charge on any atom is -0.389 e. The van der Waals surface area contributed by atoms with Crippen LogP contribution >= 0.6 is 22.7 Å². The van der Waals surface area contributed by atoms with Gasteiger partial charge in [0, 0.05) is 36.4 Å². The molecule has 4 aromatic heterocycles. The van der Waals surface area contributed by atoms with E-state index in [1.807, 2.05) is 0 Å². The molecule has 4 aromatic rings. The number of aromatic amines is 2. The maximum atomic E-state index is 12.0. The number of imidazole rings is 2. The lowest BCUT2D eigenvalue weighted by atomic mass is 10.1. The van der Waals surface area contributed by atoms with Crippen molar-refractivity contribution in [2.75, 3.05) is 0 Å². The number of carbonyl (C=O) groups is 2. The molecule has 0 bridgehead atoms. The van der Waals surface area contributed by atoms with Crippen molar-refractivity contribution in [3.63, 3.8) is 0 Å². The Morgan fingerprint density at radius 3 is 1.59 bits per heavy atom. The number of H-pyrrole nitrogens is 2. The highest BCUT2D eigenvalue weighted by Gasteiger charge is 2.11. The predicted molar refractivity (Wildman–Crippen MR) is 131 cm³/mol. The van der Waals surface area contributed by atoms with Gasteiger partial charge in [0.1, 0.15) is 0 Å². The van der Waals surface area contributed by atoms with Crippen LogP contribution in [0, 0.1) is 0 Å². The Morgan fingerprint density at radius 1 is 0.765 bits per heavy atom. The number of thiophene rings is 2. The first kappa shape index (κ1) is 23.7. The number of hydrogen-bond donors (Lipinski definition) is 2. The number of aryl methyl sites for hydroxylation is 2. The van der Waals surface area contributed by atoms with Gasteiger partial charge in [0.15, 0.2) is 0 Å². The number of nitrogens with zero attached hydrogens (tertiary/aromatic N) is 2. The fraction of sp³-hybridized carbons (Fsp3) is 0.250. The molecule has 0 saturated heterocycles. The van der Waals surface area contributed by atoms with E-state index in [1.54, 1.807) is 35.1 Å². The van der Waals surface area contributed by atoms with Crippen molar-refractivity contribution in [2.45, 2.75) is 39.5 Å². The lowest BCUT2D eigenvalue weighted by molar-refractivity contribution is -0.132. The van der Waals surface area contributed by atoms with Gasteiger partial charge in [-0.2, -0.15) is 22.7 Å². The fourth-order valence-electron chi connectivity index (χ4n) is 3.40. The number of carbonyl (C=O) groups excluding carboxylic acids is 2. The average Bonchev–Trinajstić information content (AvgIpc) is 3.62. The zero-order valence-electron chi connectivity index (χ0n) is 18.8. The fourth-order valence-corrected chi connectivity index (χ4v) is 5.29. The summed E-state index contributed by atoms with van der Waals surface area (Å²) in [6, 6.07) is 0.142.